The summed E-state index contributed by atoms with van der Waals surface area (Å²) in [4.78, 5) is 15.0. The number of nitrogens with one attached hydrogen (secondary N) is 1. The van der Waals surface area contributed by atoms with Crippen LogP contribution in [0, 0.1) is 5.92 Å². The lowest BCUT2D eigenvalue weighted by molar-refractivity contribution is -0.119. The predicted molar refractivity (Wildman–Crippen MR) is 52.0 cm³/mol. The van der Waals surface area contributed by atoms with Gasteiger partial charge in [-0.05, 0) is 5.92 Å². The van der Waals surface area contributed by atoms with Crippen LogP contribution in [0.2, 0.25) is 0 Å². The number of Topliss-reactive ketones (excluding diaryl/α,β-unsaturated/α-hetero) is 1. The molecule has 0 aliphatic rings. The van der Waals surface area contributed by atoms with E-state index >= 15 is 0 Å². The zero-order valence-corrected chi connectivity index (χ0v) is 8.29. The van der Waals surface area contributed by atoms with Gasteiger partial charge in [-0.25, -0.2) is 0 Å². The maximum atomic E-state index is 11.1. The van der Waals surface area contributed by atoms with Crippen LogP contribution in [0.15, 0.2) is 4.99 Å². The second-order valence-corrected chi connectivity index (χ2v) is 2.99. The monoisotopic (exact) mass is 186 g/mol. The van der Waals surface area contributed by atoms with Crippen molar-refractivity contribution in [2.75, 3.05) is 6.54 Å². The van der Waals surface area contributed by atoms with Gasteiger partial charge in [0.2, 0.25) is 0 Å². The first-order chi connectivity index (χ1) is 6.24. The highest BCUT2D eigenvalue weighted by atomic mass is 16.5. The number of aliphatic imine (C=N–C) groups is 1. The van der Waals surface area contributed by atoms with Crippen molar-refractivity contribution < 1.29 is 10.0 Å². The number of hydrogen-bond acceptors (Lipinski definition) is 3. The van der Waals surface area contributed by atoms with Gasteiger partial charge in [-0.15, -0.1) is 0 Å². The van der Waals surface area contributed by atoms with E-state index in [0.29, 0.717) is 25.3 Å². The van der Waals surface area contributed by atoms with Gasteiger partial charge in [0.05, 0.1) is 0 Å². The molecule has 76 valence electrons. The fourth-order valence-corrected chi connectivity index (χ4v) is 1.05. The summed E-state index contributed by atoms with van der Waals surface area (Å²) in [6.45, 7) is 4.50. The molecule has 0 spiro atoms. The lowest BCUT2D eigenvalue weighted by Gasteiger charge is -2.09. The molecule has 1 unspecified atom stereocenters. The summed E-state index contributed by atoms with van der Waals surface area (Å²) in [6, 6.07) is 0. The average molecular weight is 186 g/mol. The number of hydroxylamine groups is 1. The first kappa shape index (κ1) is 12.1. The van der Waals surface area contributed by atoms with E-state index < -0.39 is 0 Å². The molecule has 4 heteroatoms. The second-order valence-electron chi connectivity index (χ2n) is 2.99. The molecule has 0 aromatic carbocycles. The first-order valence-corrected chi connectivity index (χ1v) is 4.64. The van der Waals surface area contributed by atoms with E-state index in [1.54, 1.807) is 0 Å². The number of carbonyl (C=O) groups is 1. The molecule has 0 rings (SSSR count). The van der Waals surface area contributed by atoms with Crippen LogP contribution in [0.1, 0.15) is 33.1 Å². The minimum atomic E-state index is 0.277. The third kappa shape index (κ3) is 6.28. The Hall–Kier alpha value is -0.900. The van der Waals surface area contributed by atoms with Gasteiger partial charge in [0.1, 0.15) is 12.1 Å². The molecule has 0 saturated heterocycles. The predicted octanol–water partition coefficient (Wildman–Crippen LogP) is 1.39. The summed E-state index contributed by atoms with van der Waals surface area (Å²) in [5.41, 5.74) is 1.84. The van der Waals surface area contributed by atoms with E-state index in [4.69, 9.17) is 5.21 Å². The molecular weight excluding hydrogens is 168 g/mol. The quantitative estimate of drug-likeness (QED) is 0.359. The molecule has 0 aliphatic carbocycles. The minimum absolute atomic E-state index is 0.277. The summed E-state index contributed by atoms with van der Waals surface area (Å²) in [5, 5.41) is 8.21. The molecule has 0 fully saturated rings. The maximum Gasteiger partial charge on any atom is 0.132 e. The first-order valence-electron chi connectivity index (χ1n) is 4.64. The molecule has 0 bridgehead atoms. The number of hydrogen-bond donors (Lipinski definition) is 2. The summed E-state index contributed by atoms with van der Waals surface area (Å²) in [6.07, 6.45) is 3.36. The van der Waals surface area contributed by atoms with Gasteiger partial charge in [-0.2, -0.15) is 0 Å². The Morgan fingerprint density at radius 2 is 2.31 bits per heavy atom. The van der Waals surface area contributed by atoms with Crippen molar-refractivity contribution in [3.63, 3.8) is 0 Å². The molecule has 0 aromatic rings. The standard InChI is InChI=1S/C9H18N2O2/c1-3-8(5-9(12)4-2)6-10-7-11-13/h7-8,13H,3-6H2,1-2H3,(H,10,11). The third-order valence-corrected chi connectivity index (χ3v) is 2.00. The van der Waals surface area contributed by atoms with E-state index in [1.165, 1.54) is 6.34 Å². The third-order valence-electron chi connectivity index (χ3n) is 2.00. The topological polar surface area (TPSA) is 61.7 Å². The summed E-state index contributed by atoms with van der Waals surface area (Å²) < 4.78 is 0. The molecule has 4 nitrogen and oxygen atoms in total. The minimum Gasteiger partial charge on any atom is -0.300 e. The van der Waals surface area contributed by atoms with E-state index in [0.717, 1.165) is 6.42 Å². The molecule has 2 N–H and O–H groups in total. The summed E-state index contributed by atoms with van der Waals surface area (Å²) >= 11 is 0. The molecule has 0 heterocycles. The van der Waals surface area contributed by atoms with Gasteiger partial charge in [0.15, 0.2) is 0 Å². The van der Waals surface area contributed by atoms with Gasteiger partial charge < -0.3 is 0 Å². The Morgan fingerprint density at radius 3 is 2.77 bits per heavy atom. The fraction of sp³-hybridized carbons (Fsp3) is 0.778. The number of nitrogens with zero attached hydrogens (tertiary/aromatic N) is 1. The van der Waals surface area contributed by atoms with Gasteiger partial charge in [-0.3, -0.25) is 20.5 Å². The van der Waals surface area contributed by atoms with Crippen molar-refractivity contribution >= 4 is 12.1 Å². The van der Waals surface area contributed by atoms with Crippen LogP contribution < -0.4 is 5.48 Å². The normalized spacial score (nSPS) is 13.2. The number of rotatable bonds is 7. The molecular formula is C9H18N2O2. The zero-order valence-electron chi connectivity index (χ0n) is 8.29. The summed E-state index contributed by atoms with van der Waals surface area (Å²) in [5.74, 6) is 0.580. The molecule has 1 atom stereocenters. The van der Waals surface area contributed by atoms with Gasteiger partial charge >= 0.3 is 0 Å². The van der Waals surface area contributed by atoms with Crippen LogP contribution in [-0.2, 0) is 4.79 Å². The highest BCUT2D eigenvalue weighted by Gasteiger charge is 2.09. The maximum absolute atomic E-state index is 11.1. The largest absolute Gasteiger partial charge is 0.300 e. The van der Waals surface area contributed by atoms with E-state index in [-0.39, 0.29) is 5.78 Å². The smallest absolute Gasteiger partial charge is 0.132 e. The second kappa shape index (κ2) is 7.73. The Morgan fingerprint density at radius 1 is 1.62 bits per heavy atom. The Labute approximate surface area is 79.0 Å². The highest BCUT2D eigenvalue weighted by Crippen LogP contribution is 2.09. The van der Waals surface area contributed by atoms with Crippen LogP contribution in [-0.4, -0.2) is 23.9 Å². The van der Waals surface area contributed by atoms with Crippen LogP contribution in [0.4, 0.5) is 0 Å². The van der Waals surface area contributed by atoms with E-state index in [2.05, 4.69) is 4.99 Å². The van der Waals surface area contributed by atoms with Crippen LogP contribution in [0.5, 0.6) is 0 Å². The molecule has 0 aromatic heterocycles. The van der Waals surface area contributed by atoms with E-state index in [9.17, 15) is 4.79 Å². The molecule has 0 amide bonds. The van der Waals surface area contributed by atoms with Crippen molar-refractivity contribution in [3.8, 4) is 0 Å². The zero-order chi connectivity index (χ0) is 10.1. The fourth-order valence-electron chi connectivity index (χ4n) is 1.05. The SMILES string of the molecule is CCC(=O)CC(CC)CN=CNO. The van der Waals surface area contributed by atoms with Crippen LogP contribution in [0.3, 0.4) is 0 Å². The Balaban J connectivity index is 3.75. The molecule has 0 saturated carbocycles. The highest BCUT2D eigenvalue weighted by molar-refractivity contribution is 5.78. The molecule has 13 heavy (non-hydrogen) atoms. The number of ketones is 1. The van der Waals surface area contributed by atoms with Crippen molar-refractivity contribution in [1.82, 2.24) is 5.48 Å². The van der Waals surface area contributed by atoms with Crippen molar-refractivity contribution in [1.29, 1.82) is 0 Å². The Bertz CT molecular complexity index is 169. The molecule has 0 radical (unpaired) electrons. The van der Waals surface area contributed by atoms with Crippen LogP contribution >= 0.6 is 0 Å². The van der Waals surface area contributed by atoms with Gasteiger partial charge in [0.25, 0.3) is 0 Å². The summed E-state index contributed by atoms with van der Waals surface area (Å²) in [7, 11) is 0. The van der Waals surface area contributed by atoms with Crippen LogP contribution in [0.25, 0.3) is 0 Å². The van der Waals surface area contributed by atoms with Gasteiger partial charge in [-0.1, -0.05) is 20.3 Å². The average Bonchev–Trinajstić information content (AvgIpc) is 2.16. The van der Waals surface area contributed by atoms with E-state index in [1.807, 2.05) is 19.3 Å². The van der Waals surface area contributed by atoms with Crippen molar-refractivity contribution in [2.45, 2.75) is 33.1 Å². The van der Waals surface area contributed by atoms with Gasteiger partial charge in [0, 0.05) is 19.4 Å². The van der Waals surface area contributed by atoms with Crippen molar-refractivity contribution in [3.05, 3.63) is 0 Å². The lowest BCUT2D eigenvalue weighted by atomic mass is 9.99. The number of carbonyl (C=O) groups excluding carboxylic acids is 1. The lowest BCUT2D eigenvalue weighted by Crippen LogP contribution is -2.11. The van der Waals surface area contributed by atoms with Crippen molar-refractivity contribution in [2.24, 2.45) is 10.9 Å². The Kier molecular flexibility index (Phi) is 7.20. The molecule has 0 aliphatic heterocycles.